The fourth-order valence-electron chi connectivity index (χ4n) is 9.25. The highest BCUT2D eigenvalue weighted by molar-refractivity contribution is 9.10. The Morgan fingerprint density at radius 2 is 0.459 bits per heavy atom. The van der Waals surface area contributed by atoms with Crippen molar-refractivity contribution >= 4 is 28.5 Å². The molecule has 8 rings (SSSR count). The van der Waals surface area contributed by atoms with Crippen LogP contribution in [0.2, 0.25) is 0 Å². The SMILES string of the molecule is Cc1ccc(-c2ccc(C)c(C)c2C)c(C)c1C.Cc1ccc(-c2ccc(C)c(C)c2C)c(C)c1C.Cc1ccc(B(O)O)c(C)c1C.Cc1cccc(-c2ccc(C)c(C)c2C)c1C.Cc1cccc(Br)c1C. The highest BCUT2D eigenvalue weighted by Gasteiger charge is 2.16. The van der Waals surface area contributed by atoms with E-state index in [1.165, 1.54) is 149 Å². The van der Waals surface area contributed by atoms with Gasteiger partial charge in [0.2, 0.25) is 0 Å². The third-order valence-electron chi connectivity index (χ3n) is 16.7. The van der Waals surface area contributed by atoms with Gasteiger partial charge < -0.3 is 10.0 Å². The molecular weight excluding hydrogens is 963 g/mol. The van der Waals surface area contributed by atoms with Gasteiger partial charge in [0, 0.05) is 4.47 Å². The average Bonchev–Trinajstić information content (AvgIpc) is 3.36. The summed E-state index contributed by atoms with van der Waals surface area (Å²) in [4.78, 5) is 0. The molecule has 0 unspecified atom stereocenters. The molecule has 0 fully saturated rings. The summed E-state index contributed by atoms with van der Waals surface area (Å²) in [6.45, 7) is 47.6. The summed E-state index contributed by atoms with van der Waals surface area (Å²) in [5.41, 5.74) is 38.4. The lowest BCUT2D eigenvalue weighted by atomic mass is 9.75. The van der Waals surface area contributed by atoms with E-state index in [9.17, 15) is 0 Å². The second-order valence-electron chi connectivity index (χ2n) is 20.9. The number of aryl methyl sites for hydroxylation is 8. The van der Waals surface area contributed by atoms with E-state index in [4.69, 9.17) is 10.0 Å². The second kappa shape index (κ2) is 26.6. The Kier molecular flexibility index (Phi) is 21.9. The van der Waals surface area contributed by atoms with Crippen LogP contribution < -0.4 is 5.46 Å². The van der Waals surface area contributed by atoms with Gasteiger partial charge in [0.05, 0.1) is 0 Å². The molecule has 0 aromatic heterocycles. The van der Waals surface area contributed by atoms with Crippen LogP contribution in [0.25, 0.3) is 33.4 Å². The van der Waals surface area contributed by atoms with E-state index in [-0.39, 0.29) is 0 Å². The van der Waals surface area contributed by atoms with E-state index < -0.39 is 7.12 Å². The van der Waals surface area contributed by atoms with Crippen LogP contribution in [-0.4, -0.2) is 17.2 Å². The molecular formula is C70H86BBrO2. The minimum atomic E-state index is -1.36. The van der Waals surface area contributed by atoms with Gasteiger partial charge in [0.25, 0.3) is 0 Å². The molecule has 0 aliphatic carbocycles. The predicted octanol–water partition coefficient (Wildman–Crippen LogP) is 18.7. The van der Waals surface area contributed by atoms with Crippen molar-refractivity contribution in [3.05, 3.63) is 236 Å². The number of halogens is 1. The van der Waals surface area contributed by atoms with Crippen LogP contribution in [0.1, 0.15) is 122 Å². The Morgan fingerprint density at radius 1 is 0.230 bits per heavy atom. The first-order valence-corrected chi connectivity index (χ1v) is 27.0. The topological polar surface area (TPSA) is 40.5 Å². The molecule has 0 saturated carbocycles. The Morgan fingerprint density at radius 3 is 0.730 bits per heavy atom. The van der Waals surface area contributed by atoms with Crippen LogP contribution in [0, 0.1) is 152 Å². The quantitative estimate of drug-likeness (QED) is 0.173. The Balaban J connectivity index is 0.000000204. The van der Waals surface area contributed by atoms with Crippen molar-refractivity contribution in [3.8, 4) is 33.4 Å². The van der Waals surface area contributed by atoms with Gasteiger partial charge in [-0.3, -0.25) is 0 Å². The molecule has 0 heterocycles. The zero-order chi connectivity index (χ0) is 55.6. The maximum Gasteiger partial charge on any atom is 0.488 e. The van der Waals surface area contributed by atoms with Crippen molar-refractivity contribution in [1.82, 2.24) is 0 Å². The van der Waals surface area contributed by atoms with Crippen molar-refractivity contribution in [1.29, 1.82) is 0 Å². The minimum absolute atomic E-state index is 0.595. The highest BCUT2D eigenvalue weighted by atomic mass is 79.9. The molecule has 74 heavy (non-hydrogen) atoms. The van der Waals surface area contributed by atoms with Gasteiger partial charge in [-0.05, 0) is 320 Å². The molecule has 0 amide bonds. The van der Waals surface area contributed by atoms with Gasteiger partial charge in [0.1, 0.15) is 0 Å². The fourth-order valence-corrected chi connectivity index (χ4v) is 9.72. The normalized spacial score (nSPS) is 10.5. The van der Waals surface area contributed by atoms with E-state index in [0.29, 0.717) is 5.46 Å². The van der Waals surface area contributed by atoms with Gasteiger partial charge in [-0.15, -0.1) is 0 Å². The lowest BCUT2D eigenvalue weighted by Gasteiger charge is -2.16. The molecule has 0 spiro atoms. The van der Waals surface area contributed by atoms with Crippen molar-refractivity contribution in [2.75, 3.05) is 0 Å². The first-order valence-electron chi connectivity index (χ1n) is 26.2. The van der Waals surface area contributed by atoms with Gasteiger partial charge in [-0.2, -0.15) is 0 Å². The van der Waals surface area contributed by atoms with Crippen LogP contribution >= 0.6 is 15.9 Å². The summed E-state index contributed by atoms with van der Waals surface area (Å²) < 4.78 is 1.20. The zero-order valence-corrected chi connectivity index (χ0v) is 50.8. The summed E-state index contributed by atoms with van der Waals surface area (Å²) in [5.74, 6) is 0. The predicted molar refractivity (Wildman–Crippen MR) is 330 cm³/mol. The minimum Gasteiger partial charge on any atom is -0.423 e. The monoisotopic (exact) mass is 1050 g/mol. The molecule has 2 N–H and O–H groups in total. The van der Waals surface area contributed by atoms with Gasteiger partial charge >= 0.3 is 7.12 Å². The molecule has 0 radical (unpaired) electrons. The average molecular weight is 1050 g/mol. The molecule has 0 atom stereocenters. The first-order chi connectivity index (χ1) is 34.6. The maximum atomic E-state index is 8.98. The summed E-state index contributed by atoms with van der Waals surface area (Å²) in [6.07, 6.45) is 0. The Labute approximate surface area is 457 Å². The molecule has 8 aromatic rings. The highest BCUT2D eigenvalue weighted by Crippen LogP contribution is 2.34. The molecule has 0 aliphatic heterocycles. The van der Waals surface area contributed by atoms with Crippen molar-refractivity contribution in [2.45, 2.75) is 152 Å². The fraction of sp³-hybridized carbons (Fsp3) is 0.314. The lowest BCUT2D eigenvalue weighted by Crippen LogP contribution is -2.32. The number of benzene rings is 8. The standard InChI is InChI=1S/2C18H22.C17H20.C9H13BO2.C8H9Br/c2*1-11-7-9-17(15(5)13(11)3)18-10-8-12(2)14(4)16(18)6;1-11-7-6-8-16(14(11)4)17-10-9-12(2)13(3)15(17)5;1-6-4-5-9(10(11)12)8(3)7(6)2;1-6-4-3-5-8(9)7(6)2/h2*7-10H,1-6H3;6-10H,1-5H3;4-5,11-12H,1-3H3;3-5H,1-2H3. The summed E-state index contributed by atoms with van der Waals surface area (Å²) in [7, 11) is -1.36. The van der Waals surface area contributed by atoms with Gasteiger partial charge in [0.15, 0.2) is 0 Å². The van der Waals surface area contributed by atoms with Crippen molar-refractivity contribution in [3.63, 3.8) is 0 Å². The van der Waals surface area contributed by atoms with Crippen molar-refractivity contribution in [2.24, 2.45) is 0 Å². The largest absolute Gasteiger partial charge is 0.488 e. The summed E-state index contributed by atoms with van der Waals surface area (Å²) in [6, 6.07) is 38.8. The molecule has 0 aliphatic rings. The van der Waals surface area contributed by atoms with Crippen LogP contribution in [0.4, 0.5) is 0 Å². The molecule has 8 aromatic carbocycles. The van der Waals surface area contributed by atoms with Crippen molar-refractivity contribution < 1.29 is 10.0 Å². The maximum absolute atomic E-state index is 8.98. The van der Waals surface area contributed by atoms with E-state index >= 15 is 0 Å². The van der Waals surface area contributed by atoms with Gasteiger partial charge in [-0.25, -0.2) is 0 Å². The number of hydrogen-bond donors (Lipinski definition) is 2. The Bertz CT molecular complexity index is 3040. The molecule has 0 saturated heterocycles. The van der Waals surface area contributed by atoms with Crippen LogP contribution in [0.3, 0.4) is 0 Å². The van der Waals surface area contributed by atoms with Crippen LogP contribution in [-0.2, 0) is 0 Å². The van der Waals surface area contributed by atoms with E-state index in [1.807, 2.05) is 32.9 Å². The Hall–Kier alpha value is -5.78. The molecule has 0 bridgehead atoms. The number of rotatable bonds is 4. The van der Waals surface area contributed by atoms with E-state index in [1.54, 1.807) is 6.07 Å². The first kappa shape index (κ1) is 60.8. The summed E-state index contributed by atoms with van der Waals surface area (Å²) >= 11 is 3.45. The smallest absolute Gasteiger partial charge is 0.423 e. The lowest BCUT2D eigenvalue weighted by molar-refractivity contribution is 0.425. The third kappa shape index (κ3) is 14.3. The second-order valence-corrected chi connectivity index (χ2v) is 21.8. The number of hydrogen-bond acceptors (Lipinski definition) is 2. The van der Waals surface area contributed by atoms with E-state index in [2.05, 4.69) is 238 Å². The van der Waals surface area contributed by atoms with E-state index in [0.717, 1.165) is 11.1 Å². The molecule has 388 valence electrons. The van der Waals surface area contributed by atoms with Crippen LogP contribution in [0.15, 0.2) is 114 Å². The molecule has 2 nitrogen and oxygen atoms in total. The van der Waals surface area contributed by atoms with Gasteiger partial charge in [-0.1, -0.05) is 119 Å². The summed E-state index contributed by atoms with van der Waals surface area (Å²) in [5, 5.41) is 18.0. The zero-order valence-electron chi connectivity index (χ0n) is 49.2. The molecule has 4 heteroatoms. The van der Waals surface area contributed by atoms with Crippen LogP contribution in [0.5, 0.6) is 0 Å². The third-order valence-corrected chi connectivity index (χ3v) is 17.5.